The average molecular weight is 360 g/mol. The maximum absolute atomic E-state index is 12.1. The molecule has 0 saturated carbocycles. The molecule has 0 bridgehead atoms. The highest BCUT2D eigenvalue weighted by Crippen LogP contribution is 2.15. The van der Waals surface area contributed by atoms with E-state index in [9.17, 15) is 9.90 Å². The number of hydrazone groups is 1. The lowest BCUT2D eigenvalue weighted by atomic mass is 10.1. The van der Waals surface area contributed by atoms with Gasteiger partial charge < -0.3 is 9.84 Å². The predicted molar refractivity (Wildman–Crippen MR) is 105 cm³/mol. The van der Waals surface area contributed by atoms with Crippen molar-refractivity contribution in [2.45, 2.75) is 13.5 Å². The Morgan fingerprint density at radius 1 is 0.963 bits per heavy atom. The van der Waals surface area contributed by atoms with Crippen LogP contribution in [0.5, 0.6) is 11.5 Å². The molecule has 0 atom stereocenters. The summed E-state index contributed by atoms with van der Waals surface area (Å²) in [7, 11) is 0. The molecular formula is C22H20N2O3. The molecule has 0 saturated heterocycles. The molecule has 5 heteroatoms. The van der Waals surface area contributed by atoms with E-state index < -0.39 is 0 Å². The van der Waals surface area contributed by atoms with Gasteiger partial charge in [0, 0.05) is 5.56 Å². The van der Waals surface area contributed by atoms with Crippen molar-refractivity contribution in [3.8, 4) is 11.5 Å². The number of rotatable bonds is 6. The van der Waals surface area contributed by atoms with Crippen molar-refractivity contribution in [2.24, 2.45) is 5.10 Å². The number of hydrogen-bond acceptors (Lipinski definition) is 4. The van der Waals surface area contributed by atoms with Gasteiger partial charge in [-0.15, -0.1) is 0 Å². The number of phenols is 1. The molecule has 0 aliphatic rings. The lowest BCUT2D eigenvalue weighted by Crippen LogP contribution is -2.19. The van der Waals surface area contributed by atoms with Crippen LogP contribution in [0.2, 0.25) is 0 Å². The normalized spacial score (nSPS) is 11.1. The quantitative estimate of drug-likeness (QED) is 0.513. The molecule has 0 aromatic heterocycles. The Labute approximate surface area is 157 Å². The molecule has 0 spiro atoms. The van der Waals surface area contributed by atoms with Crippen molar-refractivity contribution in [1.82, 2.24) is 5.43 Å². The highest BCUT2D eigenvalue weighted by Gasteiger charge is 2.06. The van der Waals surface area contributed by atoms with Gasteiger partial charge in [0.25, 0.3) is 5.91 Å². The second kappa shape index (κ2) is 8.67. The summed E-state index contributed by atoms with van der Waals surface area (Å²) in [5.74, 6) is 0.418. The molecule has 0 heterocycles. The summed E-state index contributed by atoms with van der Waals surface area (Å²) in [5, 5.41) is 13.6. The number of carbonyl (C=O) groups is 1. The van der Waals surface area contributed by atoms with E-state index in [-0.39, 0.29) is 11.7 Å². The van der Waals surface area contributed by atoms with Gasteiger partial charge in [0.1, 0.15) is 18.1 Å². The Morgan fingerprint density at radius 3 is 2.41 bits per heavy atom. The summed E-state index contributed by atoms with van der Waals surface area (Å²) in [6, 6.07) is 23.6. The van der Waals surface area contributed by atoms with Crippen molar-refractivity contribution < 1.29 is 14.6 Å². The Hall–Kier alpha value is -3.60. The van der Waals surface area contributed by atoms with Crippen LogP contribution in [-0.4, -0.2) is 16.7 Å². The van der Waals surface area contributed by atoms with Crippen LogP contribution in [0.25, 0.3) is 0 Å². The SMILES string of the molecule is C/C(=N/NC(=O)c1cccc(O)c1)c1ccc(OCc2ccccc2)cc1. The molecule has 0 fully saturated rings. The molecule has 0 radical (unpaired) electrons. The number of benzene rings is 3. The van der Waals surface area contributed by atoms with E-state index >= 15 is 0 Å². The van der Waals surface area contributed by atoms with Gasteiger partial charge in [-0.3, -0.25) is 4.79 Å². The van der Waals surface area contributed by atoms with Gasteiger partial charge in [-0.2, -0.15) is 5.10 Å². The van der Waals surface area contributed by atoms with Crippen molar-refractivity contribution >= 4 is 11.6 Å². The van der Waals surface area contributed by atoms with Crippen molar-refractivity contribution in [2.75, 3.05) is 0 Å². The Bertz CT molecular complexity index is 935. The molecule has 0 aliphatic carbocycles. The molecular weight excluding hydrogens is 340 g/mol. The van der Waals surface area contributed by atoms with Crippen molar-refractivity contribution in [3.63, 3.8) is 0 Å². The first-order valence-corrected chi connectivity index (χ1v) is 8.52. The van der Waals surface area contributed by atoms with E-state index in [0.717, 1.165) is 16.9 Å². The lowest BCUT2D eigenvalue weighted by Gasteiger charge is -2.08. The smallest absolute Gasteiger partial charge is 0.271 e. The number of aromatic hydroxyl groups is 1. The number of nitrogens with one attached hydrogen (secondary N) is 1. The van der Waals surface area contributed by atoms with Gasteiger partial charge in [-0.05, 0) is 60.5 Å². The number of ether oxygens (including phenoxy) is 1. The van der Waals surface area contributed by atoms with Gasteiger partial charge in [0.05, 0.1) is 5.71 Å². The minimum Gasteiger partial charge on any atom is -0.508 e. The van der Waals surface area contributed by atoms with Crippen LogP contribution in [0.4, 0.5) is 0 Å². The first-order chi connectivity index (χ1) is 13.1. The van der Waals surface area contributed by atoms with Gasteiger partial charge in [-0.1, -0.05) is 36.4 Å². The maximum Gasteiger partial charge on any atom is 0.271 e. The first-order valence-electron chi connectivity index (χ1n) is 8.52. The zero-order valence-corrected chi connectivity index (χ0v) is 14.9. The number of nitrogens with zero attached hydrogens (tertiary/aromatic N) is 1. The maximum atomic E-state index is 12.1. The lowest BCUT2D eigenvalue weighted by molar-refractivity contribution is 0.0954. The van der Waals surface area contributed by atoms with Crippen LogP contribution in [0, 0.1) is 0 Å². The molecule has 3 aromatic carbocycles. The summed E-state index contributed by atoms with van der Waals surface area (Å²) < 4.78 is 5.76. The Balaban J connectivity index is 1.58. The highest BCUT2D eigenvalue weighted by atomic mass is 16.5. The topological polar surface area (TPSA) is 70.9 Å². The molecule has 27 heavy (non-hydrogen) atoms. The second-order valence-corrected chi connectivity index (χ2v) is 5.99. The van der Waals surface area contributed by atoms with Gasteiger partial charge in [-0.25, -0.2) is 5.43 Å². The minimum atomic E-state index is -0.381. The first kappa shape index (κ1) is 18.2. The van der Waals surface area contributed by atoms with Crippen molar-refractivity contribution in [1.29, 1.82) is 0 Å². The van der Waals surface area contributed by atoms with Crippen LogP contribution in [0.3, 0.4) is 0 Å². The third-order valence-electron chi connectivity index (χ3n) is 3.95. The number of hydrogen-bond donors (Lipinski definition) is 2. The fourth-order valence-electron chi connectivity index (χ4n) is 2.44. The molecule has 136 valence electrons. The van der Waals surface area contributed by atoms with E-state index in [1.807, 2.05) is 61.5 Å². The monoisotopic (exact) mass is 360 g/mol. The summed E-state index contributed by atoms with van der Waals surface area (Å²) in [6.07, 6.45) is 0. The standard InChI is InChI=1S/C22H20N2O3/c1-16(23-24-22(26)19-8-5-9-20(25)14-19)18-10-12-21(13-11-18)27-15-17-6-3-2-4-7-17/h2-14,25H,15H2,1H3,(H,24,26)/b23-16-. The largest absolute Gasteiger partial charge is 0.508 e. The zero-order chi connectivity index (χ0) is 19.1. The molecule has 5 nitrogen and oxygen atoms in total. The van der Waals surface area contributed by atoms with E-state index in [2.05, 4.69) is 10.5 Å². The third-order valence-corrected chi connectivity index (χ3v) is 3.95. The molecule has 1 amide bonds. The fraction of sp³-hybridized carbons (Fsp3) is 0.0909. The van der Waals surface area contributed by atoms with Crippen LogP contribution >= 0.6 is 0 Å². The van der Waals surface area contributed by atoms with Gasteiger partial charge in [0.2, 0.25) is 0 Å². The van der Waals surface area contributed by atoms with Gasteiger partial charge >= 0.3 is 0 Å². The average Bonchev–Trinajstić information content (AvgIpc) is 2.71. The summed E-state index contributed by atoms with van der Waals surface area (Å²) in [4.78, 5) is 12.1. The van der Waals surface area contributed by atoms with Crippen molar-refractivity contribution in [3.05, 3.63) is 95.6 Å². The summed E-state index contributed by atoms with van der Waals surface area (Å²) >= 11 is 0. The summed E-state index contributed by atoms with van der Waals surface area (Å²) in [6.45, 7) is 2.32. The van der Waals surface area contributed by atoms with Crippen LogP contribution in [0.15, 0.2) is 84.0 Å². The molecule has 0 aliphatic heterocycles. The second-order valence-electron chi connectivity index (χ2n) is 5.99. The molecule has 3 aromatic rings. The van der Waals surface area contributed by atoms with E-state index in [1.165, 1.54) is 12.1 Å². The highest BCUT2D eigenvalue weighted by molar-refractivity contribution is 6.01. The molecule has 2 N–H and O–H groups in total. The van der Waals surface area contributed by atoms with Crippen LogP contribution < -0.4 is 10.2 Å². The van der Waals surface area contributed by atoms with Crippen LogP contribution in [0.1, 0.15) is 28.4 Å². The molecule has 0 unspecified atom stereocenters. The number of amides is 1. The van der Waals surface area contributed by atoms with Crippen LogP contribution in [-0.2, 0) is 6.61 Å². The fourth-order valence-corrected chi connectivity index (χ4v) is 2.44. The Kier molecular flexibility index (Phi) is 5.84. The predicted octanol–water partition coefficient (Wildman–Crippen LogP) is 4.13. The van der Waals surface area contributed by atoms with Gasteiger partial charge in [0.15, 0.2) is 0 Å². The van der Waals surface area contributed by atoms with E-state index in [0.29, 0.717) is 17.9 Å². The number of phenolic OH excluding ortho intramolecular Hbond substituents is 1. The minimum absolute atomic E-state index is 0.0365. The van der Waals surface area contributed by atoms with E-state index in [1.54, 1.807) is 12.1 Å². The third kappa shape index (κ3) is 5.19. The zero-order valence-electron chi connectivity index (χ0n) is 14.9. The Morgan fingerprint density at radius 2 is 1.70 bits per heavy atom. The molecule has 3 rings (SSSR count). The summed E-state index contributed by atoms with van der Waals surface area (Å²) in [5.41, 5.74) is 5.48. The number of carbonyl (C=O) groups excluding carboxylic acids is 1. The van der Waals surface area contributed by atoms with E-state index in [4.69, 9.17) is 4.74 Å².